The van der Waals surface area contributed by atoms with Crippen molar-refractivity contribution in [1.82, 2.24) is 9.88 Å². The van der Waals surface area contributed by atoms with Crippen LogP contribution in [0.15, 0.2) is 55.4 Å². The zero-order chi connectivity index (χ0) is 21.2. The number of alkyl halides is 2. The highest BCUT2D eigenvalue weighted by Gasteiger charge is 2.33. The third-order valence-corrected chi connectivity index (χ3v) is 5.64. The van der Waals surface area contributed by atoms with Gasteiger partial charge < -0.3 is 0 Å². The van der Waals surface area contributed by atoms with Gasteiger partial charge in [0.1, 0.15) is 0 Å². The summed E-state index contributed by atoms with van der Waals surface area (Å²) in [6.45, 7) is 16.1. The first-order valence-corrected chi connectivity index (χ1v) is 10.2. The standard InChI is InChI=1S/C25H30F2N2/c1-17(2)19(5)24-13-21(6-7-23(24)18(3)4)22-12-20(14-28-15-22)16-29-10-8-25(26,27)9-11-29/h6-7,12-15,18H,1,5,8-11,16H2,2-4H3. The molecule has 1 aliphatic heterocycles. The van der Waals surface area contributed by atoms with Crippen molar-refractivity contribution in [1.29, 1.82) is 0 Å². The molecule has 0 unspecified atom stereocenters. The summed E-state index contributed by atoms with van der Waals surface area (Å²) in [7, 11) is 0. The summed E-state index contributed by atoms with van der Waals surface area (Å²) < 4.78 is 26.8. The van der Waals surface area contributed by atoms with Crippen molar-refractivity contribution < 1.29 is 8.78 Å². The number of hydrogen-bond donors (Lipinski definition) is 0. The van der Waals surface area contributed by atoms with Gasteiger partial charge >= 0.3 is 0 Å². The fraction of sp³-hybridized carbons (Fsp3) is 0.400. The third kappa shape index (κ3) is 5.18. The molecule has 0 N–H and O–H groups in total. The van der Waals surface area contributed by atoms with E-state index in [1.54, 1.807) is 0 Å². The third-order valence-electron chi connectivity index (χ3n) is 5.64. The van der Waals surface area contributed by atoms with Crippen LogP contribution in [0.2, 0.25) is 0 Å². The van der Waals surface area contributed by atoms with Crippen LogP contribution in [0.4, 0.5) is 8.78 Å². The fourth-order valence-electron chi connectivity index (χ4n) is 3.76. The predicted molar refractivity (Wildman–Crippen MR) is 117 cm³/mol. The molecular weight excluding hydrogens is 366 g/mol. The van der Waals surface area contributed by atoms with E-state index >= 15 is 0 Å². The van der Waals surface area contributed by atoms with Crippen molar-refractivity contribution in [2.75, 3.05) is 13.1 Å². The summed E-state index contributed by atoms with van der Waals surface area (Å²) in [4.78, 5) is 6.49. The molecule has 0 radical (unpaired) electrons. The number of nitrogens with zero attached hydrogens (tertiary/aromatic N) is 2. The monoisotopic (exact) mass is 396 g/mol. The van der Waals surface area contributed by atoms with Gasteiger partial charge in [-0.3, -0.25) is 9.88 Å². The summed E-state index contributed by atoms with van der Waals surface area (Å²) >= 11 is 0. The van der Waals surface area contributed by atoms with Crippen molar-refractivity contribution in [3.05, 3.63) is 72.1 Å². The maximum Gasteiger partial charge on any atom is 0.250 e. The summed E-state index contributed by atoms with van der Waals surface area (Å²) in [6.07, 6.45) is 3.55. The topological polar surface area (TPSA) is 16.1 Å². The predicted octanol–water partition coefficient (Wildman–Crippen LogP) is 6.69. The first-order chi connectivity index (χ1) is 13.7. The van der Waals surface area contributed by atoms with Crippen LogP contribution in [0.3, 0.4) is 0 Å². The Bertz CT molecular complexity index is 905. The number of hydrogen-bond acceptors (Lipinski definition) is 2. The van der Waals surface area contributed by atoms with Gasteiger partial charge in [0.15, 0.2) is 0 Å². The van der Waals surface area contributed by atoms with Crippen LogP contribution in [-0.4, -0.2) is 28.9 Å². The van der Waals surface area contributed by atoms with E-state index in [4.69, 9.17) is 0 Å². The van der Waals surface area contributed by atoms with Crippen LogP contribution in [0.5, 0.6) is 0 Å². The van der Waals surface area contributed by atoms with Gasteiger partial charge in [-0.15, -0.1) is 0 Å². The summed E-state index contributed by atoms with van der Waals surface area (Å²) in [6, 6.07) is 8.54. The molecule has 1 fully saturated rings. The van der Waals surface area contributed by atoms with Crippen LogP contribution in [0.25, 0.3) is 16.7 Å². The molecule has 29 heavy (non-hydrogen) atoms. The number of piperidine rings is 1. The summed E-state index contributed by atoms with van der Waals surface area (Å²) in [5.74, 6) is -2.13. The Hall–Kier alpha value is -2.33. The number of benzene rings is 1. The minimum atomic E-state index is -2.52. The quantitative estimate of drug-likeness (QED) is 0.506. The van der Waals surface area contributed by atoms with Crippen molar-refractivity contribution in [2.24, 2.45) is 0 Å². The van der Waals surface area contributed by atoms with Crippen LogP contribution in [0, 0.1) is 0 Å². The van der Waals surface area contributed by atoms with E-state index in [1.165, 1.54) is 5.56 Å². The fourth-order valence-corrected chi connectivity index (χ4v) is 3.76. The average molecular weight is 397 g/mol. The lowest BCUT2D eigenvalue weighted by Gasteiger charge is -2.31. The second-order valence-corrected chi connectivity index (χ2v) is 8.43. The lowest BCUT2D eigenvalue weighted by Crippen LogP contribution is -2.38. The molecule has 4 heteroatoms. The first kappa shape index (κ1) is 21.4. The van der Waals surface area contributed by atoms with Crippen LogP contribution < -0.4 is 0 Å². The number of aromatic nitrogens is 1. The summed E-state index contributed by atoms with van der Waals surface area (Å²) in [5, 5.41) is 0. The largest absolute Gasteiger partial charge is 0.299 e. The Morgan fingerprint density at radius 3 is 2.41 bits per heavy atom. The van der Waals surface area contributed by atoms with Gasteiger partial charge in [-0.2, -0.15) is 0 Å². The Balaban J connectivity index is 1.86. The molecule has 0 saturated carbocycles. The average Bonchev–Trinajstić information content (AvgIpc) is 2.68. The maximum absolute atomic E-state index is 13.4. The van der Waals surface area contributed by atoms with E-state index in [1.807, 2.05) is 19.3 Å². The highest BCUT2D eigenvalue weighted by atomic mass is 19.3. The molecule has 2 nitrogen and oxygen atoms in total. The number of allylic oxidation sites excluding steroid dienone is 2. The van der Waals surface area contributed by atoms with Crippen molar-refractivity contribution in [3.63, 3.8) is 0 Å². The zero-order valence-electron chi connectivity index (χ0n) is 17.6. The number of likely N-dealkylation sites (tertiary alicyclic amines) is 1. The highest BCUT2D eigenvalue weighted by molar-refractivity contribution is 5.81. The van der Waals surface area contributed by atoms with Gasteiger partial charge in [0.25, 0.3) is 5.92 Å². The number of rotatable bonds is 6. The smallest absolute Gasteiger partial charge is 0.250 e. The van der Waals surface area contributed by atoms with E-state index in [2.05, 4.69) is 61.2 Å². The Labute approximate surface area is 173 Å². The van der Waals surface area contributed by atoms with Gasteiger partial charge in [-0.05, 0) is 52.8 Å². The van der Waals surface area contributed by atoms with Crippen LogP contribution in [0.1, 0.15) is 56.2 Å². The molecule has 3 rings (SSSR count). The normalized spacial score (nSPS) is 16.8. The molecule has 0 bridgehead atoms. The van der Waals surface area contributed by atoms with Crippen molar-refractivity contribution in [3.8, 4) is 11.1 Å². The van der Waals surface area contributed by atoms with Gasteiger partial charge in [-0.25, -0.2) is 8.78 Å². The minimum absolute atomic E-state index is 0.0663. The highest BCUT2D eigenvalue weighted by Crippen LogP contribution is 2.33. The molecule has 2 aromatic rings. The molecule has 0 spiro atoms. The van der Waals surface area contributed by atoms with Crippen LogP contribution in [-0.2, 0) is 6.54 Å². The van der Waals surface area contributed by atoms with E-state index in [-0.39, 0.29) is 12.8 Å². The second-order valence-electron chi connectivity index (χ2n) is 8.43. The Morgan fingerprint density at radius 1 is 1.10 bits per heavy atom. The molecule has 154 valence electrons. The molecule has 1 saturated heterocycles. The van der Waals surface area contributed by atoms with Crippen molar-refractivity contribution in [2.45, 2.75) is 52.0 Å². The van der Waals surface area contributed by atoms with E-state index in [0.717, 1.165) is 33.4 Å². The van der Waals surface area contributed by atoms with Gasteiger partial charge in [-0.1, -0.05) is 44.7 Å². The lowest BCUT2D eigenvalue weighted by atomic mass is 9.88. The lowest BCUT2D eigenvalue weighted by molar-refractivity contribution is -0.0566. The SMILES string of the molecule is C=C(C)C(=C)c1cc(-c2cncc(CN3CCC(F)(F)CC3)c2)ccc1C(C)C. The number of halogens is 2. The first-order valence-electron chi connectivity index (χ1n) is 10.2. The minimum Gasteiger partial charge on any atom is -0.299 e. The van der Waals surface area contributed by atoms with E-state index < -0.39 is 5.92 Å². The second kappa shape index (κ2) is 8.58. The van der Waals surface area contributed by atoms with Gasteiger partial charge in [0.2, 0.25) is 0 Å². The molecule has 0 atom stereocenters. The van der Waals surface area contributed by atoms with Crippen molar-refractivity contribution >= 4 is 5.57 Å². The molecule has 0 amide bonds. The Kier molecular flexibility index (Phi) is 6.33. The molecule has 1 aliphatic rings. The maximum atomic E-state index is 13.4. The number of pyridine rings is 1. The molecule has 1 aromatic heterocycles. The Morgan fingerprint density at radius 2 is 1.79 bits per heavy atom. The van der Waals surface area contributed by atoms with Crippen LogP contribution >= 0.6 is 0 Å². The van der Waals surface area contributed by atoms with Gasteiger partial charge in [0.05, 0.1) is 0 Å². The summed E-state index contributed by atoms with van der Waals surface area (Å²) in [5.41, 5.74) is 7.42. The molecular formula is C25H30F2N2. The zero-order valence-corrected chi connectivity index (χ0v) is 17.6. The molecule has 2 heterocycles. The molecule has 1 aromatic carbocycles. The van der Waals surface area contributed by atoms with E-state index in [0.29, 0.717) is 25.6 Å². The van der Waals surface area contributed by atoms with Gasteiger partial charge in [0, 0.05) is 50.4 Å². The molecule has 0 aliphatic carbocycles. The van der Waals surface area contributed by atoms with E-state index in [9.17, 15) is 8.78 Å².